The maximum Gasteiger partial charge on any atom is 0.267 e. The zero-order valence-electron chi connectivity index (χ0n) is 17.6. The second kappa shape index (κ2) is 13.0. The lowest BCUT2D eigenvalue weighted by atomic mass is 10.2. The van der Waals surface area contributed by atoms with E-state index in [0.717, 1.165) is 12.1 Å². The Bertz CT molecular complexity index is 1010. The molecular weight excluding hydrogens is 481 g/mol. The predicted molar refractivity (Wildman–Crippen MR) is 120 cm³/mol. The lowest BCUT2D eigenvalue weighted by Gasteiger charge is -2.19. The van der Waals surface area contributed by atoms with Gasteiger partial charge in [-0.25, -0.2) is 8.78 Å². The van der Waals surface area contributed by atoms with Crippen molar-refractivity contribution in [3.63, 3.8) is 0 Å². The highest BCUT2D eigenvalue weighted by atomic mass is 35.5. The topological polar surface area (TPSA) is 85.9 Å². The summed E-state index contributed by atoms with van der Waals surface area (Å²) in [6, 6.07) is 7.62. The number of rotatable bonds is 12. The summed E-state index contributed by atoms with van der Waals surface area (Å²) in [5, 5.41) is 5.02. The minimum atomic E-state index is -1.07. The van der Waals surface area contributed by atoms with Crippen LogP contribution < -0.4 is 20.1 Å². The van der Waals surface area contributed by atoms with Gasteiger partial charge in [0.05, 0.1) is 16.7 Å². The van der Waals surface area contributed by atoms with Crippen LogP contribution in [0.15, 0.2) is 48.7 Å². The molecule has 0 saturated carbocycles. The summed E-state index contributed by atoms with van der Waals surface area (Å²) in [6.45, 7) is 3.47. The van der Waals surface area contributed by atoms with Crippen molar-refractivity contribution in [2.75, 3.05) is 26.9 Å². The second-order valence-corrected chi connectivity index (χ2v) is 7.51. The summed E-state index contributed by atoms with van der Waals surface area (Å²) in [4.78, 5) is 24.3. The van der Waals surface area contributed by atoms with E-state index in [0.29, 0.717) is 5.70 Å². The molecule has 11 heteroatoms. The summed E-state index contributed by atoms with van der Waals surface area (Å²) >= 11 is 11.2. The molecule has 0 fully saturated rings. The van der Waals surface area contributed by atoms with Gasteiger partial charge in [-0.2, -0.15) is 0 Å². The Kier molecular flexibility index (Phi) is 10.4. The van der Waals surface area contributed by atoms with Gasteiger partial charge < -0.3 is 24.8 Å². The fourth-order valence-electron chi connectivity index (χ4n) is 2.47. The molecule has 0 spiro atoms. The molecule has 2 aromatic rings. The number of carbonyl (C=O) groups excluding carboxylic acids is 2. The van der Waals surface area contributed by atoms with Gasteiger partial charge in [0.15, 0.2) is 12.7 Å². The number of ether oxygens (including phenoxy) is 3. The van der Waals surface area contributed by atoms with Crippen LogP contribution in [0, 0.1) is 11.6 Å². The first-order chi connectivity index (χ1) is 15.7. The zero-order valence-corrected chi connectivity index (χ0v) is 19.1. The molecule has 2 N–H and O–H groups in total. The third-order valence-electron chi connectivity index (χ3n) is 4.09. The van der Waals surface area contributed by atoms with E-state index in [-0.39, 0.29) is 47.7 Å². The number of carbonyl (C=O) groups is 2. The van der Waals surface area contributed by atoms with Crippen LogP contribution in [-0.2, 0) is 14.3 Å². The molecule has 33 heavy (non-hydrogen) atoms. The van der Waals surface area contributed by atoms with Gasteiger partial charge in [-0.05, 0) is 24.3 Å². The second-order valence-electron chi connectivity index (χ2n) is 6.70. The quantitative estimate of drug-likeness (QED) is 0.460. The van der Waals surface area contributed by atoms with E-state index >= 15 is 0 Å². The van der Waals surface area contributed by atoms with Gasteiger partial charge in [-0.1, -0.05) is 29.8 Å². The molecule has 0 radical (unpaired) electrons. The summed E-state index contributed by atoms with van der Waals surface area (Å²) < 4.78 is 42.6. The Labute approximate surface area is 199 Å². The van der Waals surface area contributed by atoms with E-state index < -0.39 is 29.6 Å². The van der Waals surface area contributed by atoms with E-state index in [4.69, 9.17) is 37.4 Å². The highest BCUT2D eigenvalue weighted by Gasteiger charge is 2.21. The minimum absolute atomic E-state index is 0.0502. The Morgan fingerprint density at radius 1 is 1.06 bits per heavy atom. The Morgan fingerprint density at radius 2 is 1.67 bits per heavy atom. The number of nitrogens with one attached hydrogen (secondary N) is 2. The lowest BCUT2D eigenvalue weighted by Crippen LogP contribution is -2.41. The summed E-state index contributed by atoms with van der Waals surface area (Å²) in [7, 11) is 1.39. The van der Waals surface area contributed by atoms with Crippen LogP contribution in [0.1, 0.15) is 6.42 Å². The fraction of sp³-hybridized carbons (Fsp3) is 0.273. The number of halogens is 4. The van der Waals surface area contributed by atoms with Crippen molar-refractivity contribution in [1.82, 2.24) is 10.6 Å². The van der Waals surface area contributed by atoms with Gasteiger partial charge >= 0.3 is 0 Å². The van der Waals surface area contributed by atoms with Crippen molar-refractivity contribution in [1.29, 1.82) is 0 Å². The molecule has 0 heterocycles. The van der Waals surface area contributed by atoms with Crippen molar-refractivity contribution in [3.05, 3.63) is 70.4 Å². The van der Waals surface area contributed by atoms with Gasteiger partial charge in [0.2, 0.25) is 0 Å². The SMILES string of the molecule is C=C(CCNC(=O)COc1ccc(Cl)c(F)c1)NC(=O)C(COC)Oc1ccc(Cl)c(F)c1. The molecule has 1 atom stereocenters. The molecule has 1 unspecified atom stereocenters. The summed E-state index contributed by atoms with van der Waals surface area (Å²) in [5.74, 6) is -2.08. The standard InChI is InChI=1S/C22H22Cl2F2N2O5/c1-13(7-8-27-21(29)12-32-14-3-5-16(23)18(25)9-14)28-22(30)20(11-31-2)33-15-4-6-17(24)19(26)10-15/h3-6,9-10,20H,1,7-8,11-12H2,2H3,(H,27,29)(H,28,30). The number of hydrogen-bond donors (Lipinski definition) is 2. The molecule has 0 aliphatic rings. The van der Waals surface area contributed by atoms with Crippen LogP contribution in [0.4, 0.5) is 8.78 Å². The van der Waals surface area contributed by atoms with Gasteiger partial charge in [0.1, 0.15) is 23.1 Å². The molecule has 0 aliphatic carbocycles. The largest absolute Gasteiger partial charge is 0.484 e. The van der Waals surface area contributed by atoms with Crippen LogP contribution in [0.2, 0.25) is 10.0 Å². The third kappa shape index (κ3) is 8.88. The highest BCUT2D eigenvalue weighted by molar-refractivity contribution is 6.31. The van der Waals surface area contributed by atoms with Gasteiger partial charge in [0, 0.05) is 37.9 Å². The third-order valence-corrected chi connectivity index (χ3v) is 4.70. The fourth-order valence-corrected chi connectivity index (χ4v) is 2.70. The van der Waals surface area contributed by atoms with Crippen molar-refractivity contribution in [2.24, 2.45) is 0 Å². The average molecular weight is 503 g/mol. The number of hydrogen-bond acceptors (Lipinski definition) is 5. The van der Waals surface area contributed by atoms with Gasteiger partial charge in [-0.15, -0.1) is 0 Å². The predicted octanol–water partition coefficient (Wildman–Crippen LogP) is 3.88. The molecule has 0 saturated heterocycles. The maximum atomic E-state index is 13.6. The molecule has 0 bridgehead atoms. The first kappa shape index (κ1) is 26.4. The van der Waals surface area contributed by atoms with Gasteiger partial charge in [0.25, 0.3) is 11.8 Å². The van der Waals surface area contributed by atoms with Crippen LogP contribution in [0.3, 0.4) is 0 Å². The van der Waals surface area contributed by atoms with Crippen molar-refractivity contribution in [2.45, 2.75) is 12.5 Å². The van der Waals surface area contributed by atoms with Crippen LogP contribution in [0.5, 0.6) is 11.5 Å². The highest BCUT2D eigenvalue weighted by Crippen LogP contribution is 2.22. The molecule has 178 valence electrons. The zero-order chi connectivity index (χ0) is 24.4. The first-order valence-corrected chi connectivity index (χ1v) is 10.4. The van der Waals surface area contributed by atoms with Crippen LogP contribution in [-0.4, -0.2) is 44.8 Å². The van der Waals surface area contributed by atoms with Crippen molar-refractivity contribution < 1.29 is 32.6 Å². The molecule has 2 aromatic carbocycles. The smallest absolute Gasteiger partial charge is 0.267 e. The van der Waals surface area contributed by atoms with E-state index in [1.54, 1.807) is 0 Å². The Morgan fingerprint density at radius 3 is 2.27 bits per heavy atom. The van der Waals surface area contributed by atoms with Crippen LogP contribution in [0.25, 0.3) is 0 Å². The molecule has 0 aliphatic heterocycles. The van der Waals surface area contributed by atoms with E-state index in [1.807, 2.05) is 0 Å². The monoisotopic (exact) mass is 502 g/mol. The number of amides is 2. The number of benzene rings is 2. The molecule has 7 nitrogen and oxygen atoms in total. The maximum absolute atomic E-state index is 13.6. The molecule has 2 rings (SSSR count). The lowest BCUT2D eigenvalue weighted by molar-refractivity contribution is -0.129. The average Bonchev–Trinajstić information content (AvgIpc) is 2.76. The normalized spacial score (nSPS) is 11.4. The molecule has 0 aromatic heterocycles. The summed E-state index contributed by atoms with van der Waals surface area (Å²) in [6.07, 6.45) is -0.849. The van der Waals surface area contributed by atoms with E-state index in [9.17, 15) is 18.4 Å². The van der Waals surface area contributed by atoms with Crippen molar-refractivity contribution >= 4 is 35.0 Å². The summed E-state index contributed by atoms with van der Waals surface area (Å²) in [5.41, 5.74) is 0.313. The Balaban J connectivity index is 1.75. The molecular formula is C22H22Cl2F2N2O5. The van der Waals surface area contributed by atoms with Gasteiger partial charge in [-0.3, -0.25) is 9.59 Å². The first-order valence-electron chi connectivity index (χ1n) is 9.63. The van der Waals surface area contributed by atoms with Crippen LogP contribution >= 0.6 is 23.2 Å². The molecule has 2 amide bonds. The minimum Gasteiger partial charge on any atom is -0.484 e. The number of methoxy groups -OCH3 is 1. The van der Waals surface area contributed by atoms with Crippen molar-refractivity contribution in [3.8, 4) is 11.5 Å². The Hall–Kier alpha value is -2.88. The van der Waals surface area contributed by atoms with E-state index in [1.165, 1.54) is 31.4 Å². The van der Waals surface area contributed by atoms with E-state index in [2.05, 4.69) is 17.2 Å².